The van der Waals surface area contributed by atoms with Crippen LogP contribution < -0.4 is 10.6 Å². The van der Waals surface area contributed by atoms with Crippen LogP contribution in [0.2, 0.25) is 0 Å². The average molecular weight is 355 g/mol. The van der Waals surface area contributed by atoms with E-state index in [0.29, 0.717) is 12.5 Å². The Morgan fingerprint density at radius 1 is 1.35 bits per heavy atom. The van der Waals surface area contributed by atoms with Crippen molar-refractivity contribution in [3.8, 4) is 0 Å². The van der Waals surface area contributed by atoms with Crippen LogP contribution in [0.25, 0.3) is 0 Å². The molecule has 2 atom stereocenters. The van der Waals surface area contributed by atoms with Gasteiger partial charge in [-0.3, -0.25) is 4.79 Å². The minimum atomic E-state index is 0. The molecular formula is C18H27ClN2OS. The van der Waals surface area contributed by atoms with E-state index in [0.717, 1.165) is 18.1 Å². The molecule has 0 bridgehead atoms. The minimum Gasteiger partial charge on any atom is -0.350 e. The van der Waals surface area contributed by atoms with E-state index in [9.17, 15) is 4.79 Å². The summed E-state index contributed by atoms with van der Waals surface area (Å²) in [6, 6.07) is 7.16. The van der Waals surface area contributed by atoms with Crippen LogP contribution in [0.1, 0.15) is 48.9 Å². The van der Waals surface area contributed by atoms with Crippen LogP contribution >= 0.6 is 24.2 Å². The number of aryl methyl sites for hydroxylation is 2. The maximum absolute atomic E-state index is 12.2. The van der Waals surface area contributed by atoms with Crippen LogP contribution in [0.4, 0.5) is 0 Å². The first-order valence-corrected chi connectivity index (χ1v) is 9.60. The Morgan fingerprint density at radius 3 is 2.87 bits per heavy atom. The predicted molar refractivity (Wildman–Crippen MR) is 101 cm³/mol. The van der Waals surface area contributed by atoms with Gasteiger partial charge in [-0.1, -0.05) is 18.2 Å². The Morgan fingerprint density at radius 2 is 2.13 bits per heavy atom. The molecule has 1 aliphatic carbocycles. The summed E-state index contributed by atoms with van der Waals surface area (Å²) in [7, 11) is 0. The lowest BCUT2D eigenvalue weighted by Crippen LogP contribution is -2.41. The van der Waals surface area contributed by atoms with Gasteiger partial charge in [0.2, 0.25) is 5.91 Å². The van der Waals surface area contributed by atoms with Gasteiger partial charge in [-0.25, -0.2) is 0 Å². The third-order valence-electron chi connectivity index (χ3n) is 4.68. The summed E-state index contributed by atoms with van der Waals surface area (Å²) in [4.78, 5) is 12.2. The van der Waals surface area contributed by atoms with E-state index in [1.807, 2.05) is 11.8 Å². The maximum atomic E-state index is 12.2. The highest BCUT2D eigenvalue weighted by atomic mass is 35.5. The summed E-state index contributed by atoms with van der Waals surface area (Å²) in [6.07, 6.45) is 5.59. The summed E-state index contributed by atoms with van der Waals surface area (Å²) in [5, 5.41) is 6.58. The molecule has 2 unspecified atom stereocenters. The average Bonchev–Trinajstić information content (AvgIpc) is 2.55. The second-order valence-corrected chi connectivity index (χ2v) is 7.60. The third kappa shape index (κ3) is 5.13. The molecule has 1 heterocycles. The maximum Gasteiger partial charge on any atom is 0.222 e. The summed E-state index contributed by atoms with van der Waals surface area (Å²) in [5.74, 6) is 2.36. The van der Waals surface area contributed by atoms with Crippen LogP contribution in [0.5, 0.6) is 0 Å². The topological polar surface area (TPSA) is 41.1 Å². The van der Waals surface area contributed by atoms with Crippen LogP contribution in [0, 0.1) is 0 Å². The summed E-state index contributed by atoms with van der Waals surface area (Å²) in [5.41, 5.74) is 4.21. The molecule has 23 heavy (non-hydrogen) atoms. The van der Waals surface area contributed by atoms with Crippen molar-refractivity contribution in [3.05, 3.63) is 34.9 Å². The number of carbonyl (C=O) groups is 1. The number of nitrogens with one attached hydrogen (secondary N) is 2. The first kappa shape index (κ1) is 18.6. The number of benzene rings is 1. The van der Waals surface area contributed by atoms with Gasteiger partial charge in [0.25, 0.3) is 0 Å². The van der Waals surface area contributed by atoms with Crippen molar-refractivity contribution in [2.24, 2.45) is 0 Å². The number of amides is 1. The molecule has 0 radical (unpaired) electrons. The largest absolute Gasteiger partial charge is 0.350 e. The van der Waals surface area contributed by atoms with E-state index in [-0.39, 0.29) is 24.4 Å². The smallest absolute Gasteiger partial charge is 0.222 e. The summed E-state index contributed by atoms with van der Waals surface area (Å²) in [6.45, 7) is 3.11. The Labute approximate surface area is 149 Å². The number of halogens is 1. The molecule has 1 fully saturated rings. The van der Waals surface area contributed by atoms with Gasteiger partial charge in [-0.05, 0) is 49.3 Å². The number of fused-ring (bicyclic) bond motifs is 1. The predicted octanol–water partition coefficient (Wildman–Crippen LogP) is 3.26. The standard InChI is InChI=1S/C18H26N2OS.ClH/c1-13(20-18(21)11-17-12-22-9-8-19-17)15-7-6-14-4-2-3-5-16(14)10-15;/h6-7,10,13,17,19H,2-5,8-9,11-12H2,1H3,(H,20,21);1H. The van der Waals surface area contributed by atoms with Crippen molar-refractivity contribution in [1.29, 1.82) is 0 Å². The van der Waals surface area contributed by atoms with E-state index in [1.165, 1.54) is 42.4 Å². The lowest BCUT2D eigenvalue weighted by Gasteiger charge is -2.24. The fourth-order valence-electron chi connectivity index (χ4n) is 3.38. The highest BCUT2D eigenvalue weighted by molar-refractivity contribution is 7.99. The quantitative estimate of drug-likeness (QED) is 0.872. The first-order chi connectivity index (χ1) is 10.7. The SMILES string of the molecule is CC(NC(=O)CC1CSCCN1)c1ccc2c(c1)CCCC2.Cl. The summed E-state index contributed by atoms with van der Waals surface area (Å²) < 4.78 is 0. The molecule has 1 amide bonds. The lowest BCUT2D eigenvalue weighted by molar-refractivity contribution is -0.122. The molecule has 1 aromatic carbocycles. The zero-order chi connectivity index (χ0) is 15.4. The van der Waals surface area contributed by atoms with Crippen LogP contribution in [0.3, 0.4) is 0 Å². The van der Waals surface area contributed by atoms with Gasteiger partial charge in [0.05, 0.1) is 6.04 Å². The number of thioether (sulfide) groups is 1. The Kier molecular flexibility index (Phi) is 7.25. The summed E-state index contributed by atoms with van der Waals surface area (Å²) >= 11 is 1.93. The number of rotatable bonds is 4. The van der Waals surface area contributed by atoms with Crippen molar-refractivity contribution in [3.63, 3.8) is 0 Å². The molecule has 0 saturated carbocycles. The van der Waals surface area contributed by atoms with Gasteiger partial charge >= 0.3 is 0 Å². The van der Waals surface area contributed by atoms with Gasteiger partial charge in [0.1, 0.15) is 0 Å². The molecule has 2 aliphatic rings. The van der Waals surface area contributed by atoms with Crippen molar-refractivity contribution in [1.82, 2.24) is 10.6 Å². The molecule has 1 saturated heterocycles. The Hall–Kier alpha value is -0.710. The molecule has 2 N–H and O–H groups in total. The number of hydrogen-bond acceptors (Lipinski definition) is 3. The molecular weight excluding hydrogens is 328 g/mol. The molecule has 3 nitrogen and oxygen atoms in total. The normalized spacial score (nSPS) is 21.7. The van der Waals surface area contributed by atoms with E-state index in [2.05, 4.69) is 35.8 Å². The van der Waals surface area contributed by atoms with E-state index >= 15 is 0 Å². The van der Waals surface area contributed by atoms with E-state index < -0.39 is 0 Å². The van der Waals surface area contributed by atoms with Crippen LogP contribution in [0.15, 0.2) is 18.2 Å². The van der Waals surface area contributed by atoms with Crippen molar-refractivity contribution >= 4 is 30.1 Å². The van der Waals surface area contributed by atoms with Crippen LogP contribution in [-0.4, -0.2) is 30.0 Å². The van der Waals surface area contributed by atoms with E-state index in [1.54, 1.807) is 0 Å². The van der Waals surface area contributed by atoms with E-state index in [4.69, 9.17) is 0 Å². The molecule has 3 rings (SSSR count). The lowest BCUT2D eigenvalue weighted by atomic mass is 9.89. The fraction of sp³-hybridized carbons (Fsp3) is 0.611. The molecule has 1 aliphatic heterocycles. The zero-order valence-electron chi connectivity index (χ0n) is 13.8. The minimum absolute atomic E-state index is 0. The number of hydrogen-bond donors (Lipinski definition) is 2. The molecule has 0 aromatic heterocycles. The van der Waals surface area contributed by atoms with Gasteiger partial charge in [0.15, 0.2) is 0 Å². The highest BCUT2D eigenvalue weighted by Gasteiger charge is 2.19. The second-order valence-electron chi connectivity index (χ2n) is 6.45. The van der Waals surface area contributed by atoms with Crippen LogP contribution in [-0.2, 0) is 17.6 Å². The number of carbonyl (C=O) groups excluding carboxylic acids is 1. The van der Waals surface area contributed by atoms with Crippen molar-refractivity contribution < 1.29 is 4.79 Å². The van der Waals surface area contributed by atoms with Crippen molar-refractivity contribution in [2.45, 2.75) is 51.1 Å². The zero-order valence-corrected chi connectivity index (χ0v) is 15.4. The van der Waals surface area contributed by atoms with Gasteiger partial charge in [0, 0.05) is 30.5 Å². The van der Waals surface area contributed by atoms with Crippen molar-refractivity contribution in [2.75, 3.05) is 18.1 Å². The molecule has 128 valence electrons. The van der Waals surface area contributed by atoms with Gasteiger partial charge < -0.3 is 10.6 Å². The van der Waals surface area contributed by atoms with Gasteiger partial charge in [-0.15, -0.1) is 12.4 Å². The molecule has 5 heteroatoms. The Balaban J connectivity index is 0.00000192. The Bertz CT molecular complexity index is 532. The second kappa shape index (κ2) is 8.95. The molecule has 0 spiro atoms. The monoisotopic (exact) mass is 354 g/mol. The third-order valence-corrected chi connectivity index (χ3v) is 5.81. The first-order valence-electron chi connectivity index (χ1n) is 8.44. The van der Waals surface area contributed by atoms with Gasteiger partial charge in [-0.2, -0.15) is 11.8 Å². The molecule has 1 aromatic rings. The fourth-order valence-corrected chi connectivity index (χ4v) is 4.33. The highest BCUT2D eigenvalue weighted by Crippen LogP contribution is 2.24.